The molecule has 2 heterocycles. The molecule has 2 aromatic rings. The number of thioether (sulfide) groups is 1. The van der Waals surface area contributed by atoms with Gasteiger partial charge in [-0.3, -0.25) is 0 Å². The van der Waals surface area contributed by atoms with Gasteiger partial charge < -0.3 is 15.0 Å². The molecule has 0 fully saturated rings. The van der Waals surface area contributed by atoms with Crippen molar-refractivity contribution in [2.75, 3.05) is 7.11 Å². The molecular formula is C12H17N5OS. The molecule has 0 amide bonds. The van der Waals surface area contributed by atoms with Crippen molar-refractivity contribution >= 4 is 11.8 Å². The average molecular weight is 279 g/mol. The predicted octanol–water partition coefficient (Wildman–Crippen LogP) is 1.45. The van der Waals surface area contributed by atoms with Crippen molar-refractivity contribution in [2.24, 2.45) is 5.73 Å². The molecule has 0 aromatic carbocycles. The Morgan fingerprint density at radius 3 is 2.89 bits per heavy atom. The number of nitrogens with zero attached hydrogens (tertiary/aromatic N) is 4. The first-order valence-electron chi connectivity index (χ1n) is 6.03. The van der Waals surface area contributed by atoms with Crippen LogP contribution in [-0.4, -0.2) is 26.9 Å². The van der Waals surface area contributed by atoms with Crippen LogP contribution in [0, 0.1) is 0 Å². The maximum atomic E-state index is 5.62. The first-order chi connectivity index (χ1) is 9.28. The first kappa shape index (κ1) is 13.8. The number of hydrogen-bond donors (Lipinski definition) is 1. The predicted molar refractivity (Wildman–Crippen MR) is 73.9 cm³/mol. The third-order valence-electron chi connectivity index (χ3n) is 2.63. The van der Waals surface area contributed by atoms with Crippen LogP contribution >= 0.6 is 11.8 Å². The van der Waals surface area contributed by atoms with E-state index >= 15 is 0 Å². The van der Waals surface area contributed by atoms with Crippen molar-refractivity contribution in [1.29, 1.82) is 0 Å². The van der Waals surface area contributed by atoms with Gasteiger partial charge in [-0.05, 0) is 13.0 Å². The Morgan fingerprint density at radius 2 is 2.21 bits per heavy atom. The summed E-state index contributed by atoms with van der Waals surface area (Å²) in [6.45, 7) is 3.27. The molecule has 0 bridgehead atoms. The average Bonchev–Trinajstić information content (AvgIpc) is 2.87. The zero-order chi connectivity index (χ0) is 13.7. The second kappa shape index (κ2) is 6.53. The summed E-state index contributed by atoms with van der Waals surface area (Å²) in [5.41, 5.74) is 6.57. The van der Waals surface area contributed by atoms with Gasteiger partial charge >= 0.3 is 0 Å². The number of nitrogens with two attached hydrogens (primary N) is 1. The quantitative estimate of drug-likeness (QED) is 0.806. The number of pyridine rings is 1. The van der Waals surface area contributed by atoms with Crippen LogP contribution in [0.4, 0.5) is 0 Å². The van der Waals surface area contributed by atoms with Crippen LogP contribution in [0.15, 0.2) is 23.4 Å². The summed E-state index contributed by atoms with van der Waals surface area (Å²) in [7, 11) is 1.61. The molecule has 6 nitrogen and oxygen atoms in total. The third kappa shape index (κ3) is 3.24. The molecule has 0 unspecified atom stereocenters. The van der Waals surface area contributed by atoms with Gasteiger partial charge in [0.15, 0.2) is 5.16 Å². The molecule has 0 aliphatic heterocycles. The summed E-state index contributed by atoms with van der Waals surface area (Å²) in [5.74, 6) is 2.15. The van der Waals surface area contributed by atoms with Crippen LogP contribution < -0.4 is 10.5 Å². The minimum absolute atomic E-state index is 0.402. The minimum atomic E-state index is 0.402. The van der Waals surface area contributed by atoms with Gasteiger partial charge in [-0.25, -0.2) is 4.98 Å². The van der Waals surface area contributed by atoms with E-state index in [2.05, 4.69) is 22.1 Å². The zero-order valence-electron chi connectivity index (χ0n) is 11.0. The van der Waals surface area contributed by atoms with Crippen molar-refractivity contribution < 1.29 is 4.74 Å². The van der Waals surface area contributed by atoms with E-state index < -0.39 is 0 Å². The van der Waals surface area contributed by atoms with Gasteiger partial charge in [0, 0.05) is 18.4 Å². The maximum absolute atomic E-state index is 5.62. The lowest BCUT2D eigenvalue weighted by Gasteiger charge is -2.06. The highest BCUT2D eigenvalue weighted by atomic mass is 32.2. The molecule has 0 aliphatic rings. The van der Waals surface area contributed by atoms with Gasteiger partial charge in [0.1, 0.15) is 5.82 Å². The van der Waals surface area contributed by atoms with Gasteiger partial charge in [0.05, 0.1) is 19.3 Å². The molecule has 7 heteroatoms. The molecule has 102 valence electrons. The standard InChI is InChI=1S/C12H17N5OS/c1-3-17-10(7-13)15-16-12(17)19-8-9-5-4-6-11(14-9)18-2/h4-6H,3,7-8,13H2,1-2H3. The van der Waals surface area contributed by atoms with Crippen LogP contribution in [0.25, 0.3) is 0 Å². The first-order valence-corrected chi connectivity index (χ1v) is 7.02. The summed E-state index contributed by atoms with van der Waals surface area (Å²) in [5, 5.41) is 9.09. The zero-order valence-corrected chi connectivity index (χ0v) is 11.9. The monoisotopic (exact) mass is 279 g/mol. The Morgan fingerprint density at radius 1 is 1.37 bits per heavy atom. The molecular weight excluding hydrogens is 262 g/mol. The lowest BCUT2D eigenvalue weighted by Crippen LogP contribution is -2.08. The second-order valence-corrected chi connectivity index (χ2v) is 4.75. The number of rotatable bonds is 6. The van der Waals surface area contributed by atoms with Crippen molar-refractivity contribution in [3.05, 3.63) is 29.7 Å². The molecule has 19 heavy (non-hydrogen) atoms. The number of aromatic nitrogens is 4. The fourth-order valence-corrected chi connectivity index (χ4v) is 2.61. The van der Waals surface area contributed by atoms with E-state index in [9.17, 15) is 0 Å². The van der Waals surface area contributed by atoms with E-state index in [0.717, 1.165) is 29.0 Å². The highest BCUT2D eigenvalue weighted by Gasteiger charge is 2.10. The van der Waals surface area contributed by atoms with Crippen LogP contribution in [-0.2, 0) is 18.8 Å². The smallest absolute Gasteiger partial charge is 0.213 e. The third-order valence-corrected chi connectivity index (χ3v) is 3.63. The Balaban J connectivity index is 2.07. The van der Waals surface area contributed by atoms with Crippen molar-refractivity contribution in [2.45, 2.75) is 30.9 Å². The second-order valence-electron chi connectivity index (χ2n) is 3.81. The van der Waals surface area contributed by atoms with Gasteiger partial charge in [-0.1, -0.05) is 17.8 Å². The van der Waals surface area contributed by atoms with Gasteiger partial charge in [-0.2, -0.15) is 0 Å². The largest absolute Gasteiger partial charge is 0.481 e. The van der Waals surface area contributed by atoms with Crippen molar-refractivity contribution in [1.82, 2.24) is 19.7 Å². The Labute approximate surface area is 116 Å². The Bertz CT molecular complexity index is 543. The van der Waals surface area contributed by atoms with E-state index in [1.54, 1.807) is 18.9 Å². The SMILES string of the molecule is CCn1c(CN)nnc1SCc1cccc(OC)n1. The van der Waals surface area contributed by atoms with E-state index in [-0.39, 0.29) is 0 Å². The number of hydrogen-bond acceptors (Lipinski definition) is 6. The van der Waals surface area contributed by atoms with Crippen molar-refractivity contribution in [3.8, 4) is 5.88 Å². The van der Waals surface area contributed by atoms with Gasteiger partial charge in [0.25, 0.3) is 0 Å². The maximum Gasteiger partial charge on any atom is 0.213 e. The van der Waals surface area contributed by atoms with Crippen LogP contribution in [0.3, 0.4) is 0 Å². The number of methoxy groups -OCH3 is 1. The normalized spacial score (nSPS) is 10.7. The van der Waals surface area contributed by atoms with Gasteiger partial charge in [0.2, 0.25) is 5.88 Å². The lowest BCUT2D eigenvalue weighted by atomic mass is 10.4. The van der Waals surface area contributed by atoms with E-state index in [1.807, 2.05) is 22.8 Å². The van der Waals surface area contributed by atoms with Crippen molar-refractivity contribution in [3.63, 3.8) is 0 Å². The lowest BCUT2D eigenvalue weighted by molar-refractivity contribution is 0.397. The molecule has 0 aliphatic carbocycles. The molecule has 0 radical (unpaired) electrons. The van der Waals surface area contributed by atoms with Crippen LogP contribution in [0.5, 0.6) is 5.88 Å². The highest BCUT2D eigenvalue weighted by molar-refractivity contribution is 7.98. The van der Waals surface area contributed by atoms with Crippen LogP contribution in [0.1, 0.15) is 18.4 Å². The van der Waals surface area contributed by atoms with Gasteiger partial charge in [-0.15, -0.1) is 10.2 Å². The fourth-order valence-electron chi connectivity index (χ4n) is 1.68. The fraction of sp³-hybridized carbons (Fsp3) is 0.417. The van der Waals surface area contributed by atoms with Crippen LogP contribution in [0.2, 0.25) is 0 Å². The molecule has 2 rings (SSSR count). The van der Waals surface area contributed by atoms with E-state index in [0.29, 0.717) is 12.4 Å². The minimum Gasteiger partial charge on any atom is -0.481 e. The Kier molecular flexibility index (Phi) is 4.75. The number of ether oxygens (including phenoxy) is 1. The van der Waals surface area contributed by atoms with E-state index in [4.69, 9.17) is 10.5 Å². The summed E-state index contributed by atoms with van der Waals surface area (Å²) < 4.78 is 7.12. The molecule has 2 N–H and O–H groups in total. The summed E-state index contributed by atoms with van der Waals surface area (Å²) in [6.07, 6.45) is 0. The summed E-state index contributed by atoms with van der Waals surface area (Å²) in [4.78, 5) is 4.36. The Hall–Kier alpha value is -1.60. The molecule has 0 saturated heterocycles. The highest BCUT2D eigenvalue weighted by Crippen LogP contribution is 2.21. The molecule has 2 aromatic heterocycles. The summed E-state index contributed by atoms with van der Waals surface area (Å²) in [6, 6.07) is 5.72. The topological polar surface area (TPSA) is 78.9 Å². The summed E-state index contributed by atoms with van der Waals surface area (Å²) >= 11 is 1.60. The van der Waals surface area contributed by atoms with E-state index in [1.165, 1.54) is 0 Å². The molecule has 0 saturated carbocycles. The molecule has 0 spiro atoms. The molecule has 0 atom stereocenters.